The van der Waals surface area contributed by atoms with Gasteiger partial charge in [-0.05, 0) is 104 Å². The van der Waals surface area contributed by atoms with Crippen LogP contribution in [-0.2, 0) is 0 Å². The number of hydrogen-bond acceptors (Lipinski definition) is 0. The van der Waals surface area contributed by atoms with Crippen molar-refractivity contribution in [2.45, 2.75) is 51.9 Å². The number of hydrogen-bond donors (Lipinski definition) is 0. The second-order valence-electron chi connectivity index (χ2n) is 9.27. The fourth-order valence-electron chi connectivity index (χ4n) is 9.40. The predicted molar refractivity (Wildman–Crippen MR) is 76.4 cm³/mol. The van der Waals surface area contributed by atoms with Crippen LogP contribution in [0.5, 0.6) is 0 Å². The molecule has 0 aromatic carbocycles. The van der Waals surface area contributed by atoms with Gasteiger partial charge in [0.1, 0.15) is 0 Å². The van der Waals surface area contributed by atoms with Crippen LogP contribution in [0.3, 0.4) is 0 Å². The van der Waals surface area contributed by atoms with Crippen LogP contribution in [0.25, 0.3) is 0 Å². The Balaban J connectivity index is 1.41. The lowest BCUT2D eigenvalue weighted by atomic mass is 9.58. The smallest absolute Gasteiger partial charge is 0.0318 e. The van der Waals surface area contributed by atoms with Gasteiger partial charge >= 0.3 is 0 Å². The third-order valence-corrected chi connectivity index (χ3v) is 9.36. The van der Waals surface area contributed by atoms with Crippen LogP contribution in [0, 0.1) is 65.1 Å². The number of rotatable bonds is 1. The molecule has 0 amide bonds. The maximum absolute atomic E-state index is 2.47. The molecule has 6 saturated carbocycles. The molecule has 6 bridgehead atoms. The largest absolute Gasteiger partial charge is 0.0651 e. The molecule has 0 heterocycles. The van der Waals surface area contributed by atoms with E-state index in [0.29, 0.717) is 0 Å². The summed E-state index contributed by atoms with van der Waals surface area (Å²) in [5, 5.41) is 0. The van der Waals surface area contributed by atoms with Gasteiger partial charge < -0.3 is 0 Å². The third-order valence-electron chi connectivity index (χ3n) is 9.36. The van der Waals surface area contributed by atoms with Crippen molar-refractivity contribution in [2.24, 2.45) is 65.1 Å². The summed E-state index contributed by atoms with van der Waals surface area (Å²) in [6, 6.07) is 0. The zero-order valence-electron chi connectivity index (χ0n) is 12.3. The molecular formula is C19H28. The summed E-state index contributed by atoms with van der Waals surface area (Å²) in [5.41, 5.74) is 0. The second-order valence-corrected chi connectivity index (χ2v) is 9.27. The molecule has 6 aliphatic rings. The van der Waals surface area contributed by atoms with E-state index in [1.165, 1.54) is 65.6 Å². The molecule has 104 valence electrons. The summed E-state index contributed by atoms with van der Waals surface area (Å²) in [7, 11) is 0. The first-order valence-electron chi connectivity index (χ1n) is 9.36. The van der Waals surface area contributed by atoms with Crippen molar-refractivity contribution in [3.8, 4) is 0 Å². The van der Waals surface area contributed by atoms with Crippen LogP contribution >= 0.6 is 0 Å². The Labute approximate surface area is 117 Å². The van der Waals surface area contributed by atoms with Gasteiger partial charge in [-0.1, -0.05) is 13.3 Å². The van der Waals surface area contributed by atoms with Crippen LogP contribution < -0.4 is 0 Å². The molecule has 11 atom stereocenters. The molecule has 0 radical (unpaired) electrons. The lowest BCUT2D eigenvalue weighted by molar-refractivity contribution is 0.00887. The Morgan fingerprint density at radius 2 is 1.32 bits per heavy atom. The van der Waals surface area contributed by atoms with E-state index < -0.39 is 0 Å². The monoisotopic (exact) mass is 256 g/mol. The van der Waals surface area contributed by atoms with Crippen molar-refractivity contribution in [1.82, 2.24) is 0 Å². The van der Waals surface area contributed by atoms with E-state index in [-0.39, 0.29) is 0 Å². The van der Waals surface area contributed by atoms with Crippen molar-refractivity contribution in [3.05, 3.63) is 0 Å². The van der Waals surface area contributed by atoms with Gasteiger partial charge in [0.05, 0.1) is 0 Å². The van der Waals surface area contributed by atoms with E-state index in [9.17, 15) is 0 Å². The molecule has 0 N–H and O–H groups in total. The highest BCUT2D eigenvalue weighted by Gasteiger charge is 2.71. The van der Waals surface area contributed by atoms with Crippen LogP contribution in [-0.4, -0.2) is 0 Å². The molecule has 19 heavy (non-hydrogen) atoms. The molecule has 0 aromatic heterocycles. The van der Waals surface area contributed by atoms with Crippen LogP contribution in [0.15, 0.2) is 0 Å². The summed E-state index contributed by atoms with van der Waals surface area (Å²) >= 11 is 0. The van der Waals surface area contributed by atoms with Crippen LogP contribution in [0.2, 0.25) is 0 Å². The molecule has 11 unspecified atom stereocenters. The first-order valence-corrected chi connectivity index (χ1v) is 9.36. The Kier molecular flexibility index (Phi) is 1.83. The molecule has 0 aromatic rings. The molecule has 6 fully saturated rings. The minimum Gasteiger partial charge on any atom is -0.0651 e. The van der Waals surface area contributed by atoms with Gasteiger partial charge in [-0.2, -0.15) is 0 Å². The fourth-order valence-corrected chi connectivity index (χ4v) is 9.40. The van der Waals surface area contributed by atoms with E-state index >= 15 is 0 Å². The van der Waals surface area contributed by atoms with E-state index in [0.717, 1.165) is 5.92 Å². The van der Waals surface area contributed by atoms with Crippen molar-refractivity contribution in [1.29, 1.82) is 0 Å². The highest BCUT2D eigenvalue weighted by molar-refractivity contribution is 5.19. The van der Waals surface area contributed by atoms with E-state index in [1.54, 1.807) is 38.5 Å². The highest BCUT2D eigenvalue weighted by atomic mass is 14.8. The van der Waals surface area contributed by atoms with Gasteiger partial charge in [0.25, 0.3) is 0 Å². The van der Waals surface area contributed by atoms with Crippen LogP contribution in [0.4, 0.5) is 0 Å². The Morgan fingerprint density at radius 1 is 0.632 bits per heavy atom. The average molecular weight is 256 g/mol. The minimum absolute atomic E-state index is 1.14. The standard InChI is InChI=1S/C19H28/c1-2-9-5-12-7-13(9)19-15-8-14(18(12)19)16-10-3-4-11(6-10)17(15)16/h9-19H,2-8H2,1H3. The first-order chi connectivity index (χ1) is 9.36. The molecule has 0 saturated heterocycles. The second kappa shape index (κ2) is 3.25. The molecule has 0 nitrogen and oxygen atoms in total. The van der Waals surface area contributed by atoms with Gasteiger partial charge in [0, 0.05) is 0 Å². The lowest BCUT2D eigenvalue weighted by Crippen LogP contribution is -2.42. The molecule has 6 rings (SSSR count). The van der Waals surface area contributed by atoms with Gasteiger partial charge in [0.2, 0.25) is 0 Å². The molecule has 0 spiro atoms. The normalized spacial score (nSPS) is 70.9. The van der Waals surface area contributed by atoms with E-state index in [2.05, 4.69) is 6.92 Å². The van der Waals surface area contributed by atoms with Gasteiger partial charge in [-0.15, -0.1) is 0 Å². The maximum atomic E-state index is 2.47. The number of fused-ring (bicyclic) bond motifs is 16. The Bertz CT molecular complexity index is 426. The maximum Gasteiger partial charge on any atom is -0.0318 e. The Hall–Kier alpha value is 0. The summed E-state index contributed by atoms with van der Waals surface area (Å²) in [5.74, 6) is 13.3. The van der Waals surface area contributed by atoms with E-state index in [4.69, 9.17) is 0 Å². The van der Waals surface area contributed by atoms with Crippen molar-refractivity contribution in [3.63, 3.8) is 0 Å². The van der Waals surface area contributed by atoms with Gasteiger partial charge in [-0.3, -0.25) is 0 Å². The zero-order valence-corrected chi connectivity index (χ0v) is 12.3. The molecular weight excluding hydrogens is 228 g/mol. The van der Waals surface area contributed by atoms with Gasteiger partial charge in [-0.25, -0.2) is 0 Å². The summed E-state index contributed by atoms with van der Waals surface area (Å²) in [6.45, 7) is 2.47. The highest BCUT2D eigenvalue weighted by Crippen LogP contribution is 2.77. The van der Waals surface area contributed by atoms with Gasteiger partial charge in [0.15, 0.2) is 0 Å². The third kappa shape index (κ3) is 1.03. The molecule has 0 aliphatic heterocycles. The summed E-state index contributed by atoms with van der Waals surface area (Å²) in [4.78, 5) is 0. The van der Waals surface area contributed by atoms with Crippen LogP contribution in [0.1, 0.15) is 51.9 Å². The SMILES string of the molecule is CCC1CC2CC1C1C3CC(C4C5CCC(C5)C34)C21. The molecule has 6 aliphatic carbocycles. The van der Waals surface area contributed by atoms with Crippen molar-refractivity contribution >= 4 is 0 Å². The molecule has 0 heteroatoms. The lowest BCUT2D eigenvalue weighted by Gasteiger charge is -2.46. The van der Waals surface area contributed by atoms with Crippen molar-refractivity contribution in [2.75, 3.05) is 0 Å². The summed E-state index contributed by atoms with van der Waals surface area (Å²) in [6.07, 6.45) is 11.4. The minimum atomic E-state index is 1.14. The predicted octanol–water partition coefficient (Wildman–Crippen LogP) is 4.60. The quantitative estimate of drug-likeness (QED) is 0.602. The zero-order chi connectivity index (χ0) is 12.3. The fraction of sp³-hybridized carbons (Fsp3) is 1.00. The Morgan fingerprint density at radius 3 is 2.05 bits per heavy atom. The van der Waals surface area contributed by atoms with Crippen molar-refractivity contribution < 1.29 is 0 Å². The first kappa shape index (κ1) is 10.7. The average Bonchev–Trinajstić information content (AvgIpc) is 3.20. The topological polar surface area (TPSA) is 0 Å². The van der Waals surface area contributed by atoms with E-state index in [1.807, 2.05) is 0 Å². The summed E-state index contributed by atoms with van der Waals surface area (Å²) < 4.78 is 0.